The van der Waals surface area contributed by atoms with Crippen molar-refractivity contribution in [2.24, 2.45) is 0 Å². The van der Waals surface area contributed by atoms with Crippen LogP contribution < -0.4 is 0 Å². The zero-order valence-electron chi connectivity index (χ0n) is 6.20. The van der Waals surface area contributed by atoms with E-state index in [9.17, 15) is 0 Å². The van der Waals surface area contributed by atoms with Gasteiger partial charge in [0.15, 0.2) is 0 Å². The largest absolute Gasteiger partial charge is 0.186 e. The molecule has 3 heteroatoms. The van der Waals surface area contributed by atoms with Gasteiger partial charge in [-0.1, -0.05) is 30.3 Å². The molecule has 0 spiro atoms. The molecule has 60 valence electrons. The van der Waals surface area contributed by atoms with Crippen LogP contribution in [0.25, 0.3) is 10.4 Å². The summed E-state index contributed by atoms with van der Waals surface area (Å²) in [6.45, 7) is 0. The van der Waals surface area contributed by atoms with Crippen molar-refractivity contribution in [3.63, 3.8) is 0 Å². The zero-order chi connectivity index (χ0) is 8.39. The Hall–Kier alpha value is -0.420. The van der Waals surface area contributed by atoms with Gasteiger partial charge in [0.25, 0.3) is 0 Å². The number of rotatable bonds is 1. The van der Waals surface area contributed by atoms with E-state index in [4.69, 9.17) is 0 Å². The Morgan fingerprint density at radius 1 is 1.17 bits per heavy atom. The van der Waals surface area contributed by atoms with Crippen LogP contribution >= 0.6 is 34.1 Å². The maximum Gasteiger partial charge on any atom is 0.115 e. The first-order chi connectivity index (χ1) is 5.86. The van der Waals surface area contributed by atoms with E-state index in [0.29, 0.717) is 0 Å². The number of nitrogens with zero attached hydrogens (tertiary/aromatic N) is 1. The van der Waals surface area contributed by atoms with Crippen LogP contribution in [0.3, 0.4) is 0 Å². The molecule has 1 heterocycles. The van der Waals surface area contributed by atoms with E-state index < -0.39 is 0 Å². The third kappa shape index (κ3) is 1.67. The second-order valence-electron chi connectivity index (χ2n) is 2.38. The molecule has 0 radical (unpaired) electrons. The predicted octanol–water partition coefficient (Wildman–Crippen LogP) is 3.41. The fraction of sp³-hybridized carbons (Fsp3) is 0. The summed E-state index contributed by atoms with van der Waals surface area (Å²) in [5.41, 5.74) is 1.25. The first-order valence-corrected chi connectivity index (χ1v) is 5.39. The monoisotopic (exact) mass is 287 g/mol. The van der Waals surface area contributed by atoms with Gasteiger partial charge in [0.1, 0.15) is 3.70 Å². The van der Waals surface area contributed by atoms with Crippen LogP contribution in [0, 0.1) is 3.70 Å². The topological polar surface area (TPSA) is 12.9 Å². The Kier molecular flexibility index (Phi) is 2.41. The van der Waals surface area contributed by atoms with Crippen molar-refractivity contribution in [2.75, 3.05) is 0 Å². The van der Waals surface area contributed by atoms with Crippen LogP contribution in [0.4, 0.5) is 0 Å². The molecule has 0 aliphatic rings. The van der Waals surface area contributed by atoms with Crippen LogP contribution in [0.5, 0.6) is 0 Å². The van der Waals surface area contributed by atoms with Crippen molar-refractivity contribution < 1.29 is 0 Å². The van der Waals surface area contributed by atoms with Crippen molar-refractivity contribution in [1.29, 1.82) is 0 Å². The number of hydrogen-bond donors (Lipinski definition) is 0. The molecule has 12 heavy (non-hydrogen) atoms. The standard InChI is InChI=1S/C9H6INS/c10-9-6-8(12-11-9)7-4-2-1-3-5-7/h1-6H. The Balaban J connectivity index is 2.45. The van der Waals surface area contributed by atoms with Gasteiger partial charge in [-0.15, -0.1) is 0 Å². The Morgan fingerprint density at radius 3 is 2.50 bits per heavy atom. The van der Waals surface area contributed by atoms with Gasteiger partial charge in [0.05, 0.1) is 4.88 Å². The van der Waals surface area contributed by atoms with Crippen molar-refractivity contribution >= 4 is 34.1 Å². The highest BCUT2D eigenvalue weighted by atomic mass is 127. The van der Waals surface area contributed by atoms with Crippen molar-refractivity contribution in [2.45, 2.75) is 0 Å². The lowest BCUT2D eigenvalue weighted by molar-refractivity contribution is 1.49. The van der Waals surface area contributed by atoms with Gasteiger partial charge < -0.3 is 0 Å². The van der Waals surface area contributed by atoms with E-state index in [1.54, 1.807) is 11.5 Å². The molecule has 0 aliphatic carbocycles. The quantitative estimate of drug-likeness (QED) is 0.732. The van der Waals surface area contributed by atoms with E-state index in [1.165, 1.54) is 10.4 Å². The maximum atomic E-state index is 4.22. The minimum absolute atomic E-state index is 1.07. The Bertz CT molecular complexity index is 369. The average molecular weight is 287 g/mol. The maximum absolute atomic E-state index is 4.22. The number of aromatic nitrogens is 1. The van der Waals surface area contributed by atoms with E-state index in [2.05, 4.69) is 45.2 Å². The normalized spacial score (nSPS) is 10.1. The molecule has 1 aromatic heterocycles. The Morgan fingerprint density at radius 2 is 1.92 bits per heavy atom. The highest BCUT2D eigenvalue weighted by molar-refractivity contribution is 14.1. The van der Waals surface area contributed by atoms with Gasteiger partial charge in [0, 0.05) is 0 Å². The van der Waals surface area contributed by atoms with E-state index in [-0.39, 0.29) is 0 Å². The van der Waals surface area contributed by atoms with Gasteiger partial charge in [-0.2, -0.15) is 4.37 Å². The Labute approximate surface area is 88.8 Å². The van der Waals surface area contributed by atoms with Gasteiger partial charge in [0.2, 0.25) is 0 Å². The second kappa shape index (κ2) is 3.53. The summed E-state index contributed by atoms with van der Waals surface area (Å²) in [5.74, 6) is 0. The molecule has 1 nitrogen and oxygen atoms in total. The molecular weight excluding hydrogens is 281 g/mol. The van der Waals surface area contributed by atoms with Crippen molar-refractivity contribution in [1.82, 2.24) is 4.37 Å². The highest BCUT2D eigenvalue weighted by Gasteiger charge is 2.00. The number of benzene rings is 1. The molecule has 0 unspecified atom stereocenters. The molecular formula is C9H6INS. The summed E-state index contributed by atoms with van der Waals surface area (Å²) in [4.78, 5) is 1.24. The highest BCUT2D eigenvalue weighted by Crippen LogP contribution is 2.24. The summed E-state index contributed by atoms with van der Waals surface area (Å²) in [5, 5.41) is 0. The molecule has 0 N–H and O–H groups in total. The average Bonchev–Trinajstić information content (AvgIpc) is 2.54. The SMILES string of the molecule is Ic1cc(-c2ccccc2)sn1. The third-order valence-electron chi connectivity index (χ3n) is 1.54. The summed E-state index contributed by atoms with van der Waals surface area (Å²) in [7, 11) is 0. The molecule has 0 aliphatic heterocycles. The molecule has 2 rings (SSSR count). The zero-order valence-corrected chi connectivity index (χ0v) is 9.17. The van der Waals surface area contributed by atoms with Crippen LogP contribution in [-0.4, -0.2) is 4.37 Å². The van der Waals surface area contributed by atoms with Crippen molar-refractivity contribution in [3.8, 4) is 10.4 Å². The summed E-state index contributed by atoms with van der Waals surface area (Å²) in [6.07, 6.45) is 0. The summed E-state index contributed by atoms with van der Waals surface area (Å²) >= 11 is 3.77. The van der Waals surface area contributed by atoms with Crippen LogP contribution in [-0.2, 0) is 0 Å². The molecule has 1 aromatic carbocycles. The molecule has 0 amide bonds. The van der Waals surface area contributed by atoms with Gasteiger partial charge in [-0.3, -0.25) is 0 Å². The lowest BCUT2D eigenvalue weighted by atomic mass is 10.2. The molecule has 0 saturated heterocycles. The lowest BCUT2D eigenvalue weighted by Crippen LogP contribution is -1.68. The number of halogens is 1. The minimum Gasteiger partial charge on any atom is -0.186 e. The third-order valence-corrected chi connectivity index (χ3v) is 3.26. The van der Waals surface area contributed by atoms with E-state index in [0.717, 1.165) is 3.70 Å². The smallest absolute Gasteiger partial charge is 0.115 e. The van der Waals surface area contributed by atoms with Gasteiger partial charge >= 0.3 is 0 Å². The fourth-order valence-corrected chi connectivity index (χ4v) is 2.45. The molecule has 0 fully saturated rings. The predicted molar refractivity (Wildman–Crippen MR) is 60.3 cm³/mol. The first-order valence-electron chi connectivity index (χ1n) is 3.54. The van der Waals surface area contributed by atoms with Crippen LogP contribution in [0.1, 0.15) is 0 Å². The van der Waals surface area contributed by atoms with Gasteiger partial charge in [-0.05, 0) is 45.8 Å². The second-order valence-corrected chi connectivity index (χ2v) is 4.29. The van der Waals surface area contributed by atoms with Crippen LogP contribution in [0.2, 0.25) is 0 Å². The number of hydrogen-bond acceptors (Lipinski definition) is 2. The molecule has 2 aromatic rings. The van der Waals surface area contributed by atoms with Crippen LogP contribution in [0.15, 0.2) is 36.4 Å². The van der Waals surface area contributed by atoms with E-state index >= 15 is 0 Å². The minimum atomic E-state index is 1.07. The van der Waals surface area contributed by atoms with Crippen molar-refractivity contribution in [3.05, 3.63) is 40.1 Å². The first kappa shape index (κ1) is 8.19. The summed E-state index contributed by atoms with van der Waals surface area (Å²) < 4.78 is 5.29. The lowest BCUT2D eigenvalue weighted by Gasteiger charge is -1.92. The summed E-state index contributed by atoms with van der Waals surface area (Å²) in [6, 6.07) is 12.4. The fourth-order valence-electron chi connectivity index (χ4n) is 0.992. The molecule has 0 bridgehead atoms. The van der Waals surface area contributed by atoms with E-state index in [1.807, 2.05) is 18.2 Å². The van der Waals surface area contributed by atoms with Gasteiger partial charge in [-0.25, -0.2) is 0 Å². The molecule has 0 saturated carbocycles. The molecule has 0 atom stereocenters.